The molecule has 0 aromatic rings. The number of nitrogens with one attached hydrogen (secondary N) is 4. The van der Waals surface area contributed by atoms with Gasteiger partial charge in [0.2, 0.25) is 18.4 Å². The van der Waals surface area contributed by atoms with E-state index >= 15 is 0 Å². The first-order valence-corrected chi connectivity index (χ1v) is 11.7. The van der Waals surface area contributed by atoms with Gasteiger partial charge in [-0.25, -0.2) is 21.0 Å². The van der Waals surface area contributed by atoms with Gasteiger partial charge in [-0.2, -0.15) is 0 Å². The second-order valence-electron chi connectivity index (χ2n) is 7.97. The van der Waals surface area contributed by atoms with Gasteiger partial charge in [0.05, 0.1) is 6.42 Å². The number of hydrogen-bond donors (Lipinski definition) is 7. The lowest BCUT2D eigenvalue weighted by Crippen LogP contribution is -2.51. The van der Waals surface area contributed by atoms with Gasteiger partial charge in [0, 0.05) is 25.9 Å². The van der Waals surface area contributed by atoms with Crippen LogP contribution in [0.5, 0.6) is 0 Å². The van der Waals surface area contributed by atoms with Crippen LogP contribution >= 0.6 is 0 Å². The fourth-order valence-electron chi connectivity index (χ4n) is 2.99. The van der Waals surface area contributed by atoms with Crippen molar-refractivity contribution in [3.63, 3.8) is 0 Å². The van der Waals surface area contributed by atoms with Crippen molar-refractivity contribution in [1.82, 2.24) is 21.3 Å². The fraction of sp³-hybridized carbons (Fsp3) is 0.682. The Hall–Kier alpha value is -3.89. The van der Waals surface area contributed by atoms with Crippen molar-refractivity contribution in [2.24, 2.45) is 0 Å². The number of amides is 4. The fourth-order valence-corrected chi connectivity index (χ4v) is 2.99. The molecule has 7 N–H and O–H groups in total. The van der Waals surface area contributed by atoms with Crippen molar-refractivity contribution < 1.29 is 44.1 Å². The molecule has 0 rings (SSSR count). The van der Waals surface area contributed by atoms with Crippen LogP contribution in [0.25, 0.3) is 4.85 Å². The molecule has 0 saturated heterocycles. The van der Waals surface area contributed by atoms with Crippen LogP contribution in [0.3, 0.4) is 0 Å². The number of aliphatic carboxylic acids is 3. The Kier molecular flexibility index (Phi) is 17.3. The average Bonchev–Trinajstić information content (AvgIpc) is 2.81. The highest BCUT2D eigenvalue weighted by molar-refractivity contribution is 5.86. The minimum Gasteiger partial charge on any atom is -0.481 e. The number of carboxylic acid groups (broad SMARTS) is 3. The lowest BCUT2D eigenvalue weighted by Gasteiger charge is -2.18. The van der Waals surface area contributed by atoms with Crippen molar-refractivity contribution in [3.8, 4) is 0 Å². The molecule has 0 saturated carbocycles. The number of rotatable bonds is 20. The van der Waals surface area contributed by atoms with E-state index in [0.717, 1.165) is 12.8 Å². The summed E-state index contributed by atoms with van der Waals surface area (Å²) in [7, 11) is 0. The second kappa shape index (κ2) is 19.4. The van der Waals surface area contributed by atoms with E-state index in [0.29, 0.717) is 38.8 Å². The number of carboxylic acids is 3. The van der Waals surface area contributed by atoms with Crippen LogP contribution in [0.15, 0.2) is 0 Å². The molecule has 0 aromatic heterocycles. The van der Waals surface area contributed by atoms with E-state index in [9.17, 15) is 33.9 Å². The van der Waals surface area contributed by atoms with E-state index in [1.165, 1.54) is 0 Å². The van der Waals surface area contributed by atoms with Gasteiger partial charge >= 0.3 is 23.9 Å². The Morgan fingerprint density at radius 2 is 1.19 bits per heavy atom. The molecule has 0 aliphatic carbocycles. The zero-order valence-corrected chi connectivity index (χ0v) is 20.1. The van der Waals surface area contributed by atoms with E-state index in [-0.39, 0.29) is 37.6 Å². The zero-order valence-electron chi connectivity index (χ0n) is 20.1. The molecule has 0 aliphatic rings. The molecule has 36 heavy (non-hydrogen) atoms. The largest absolute Gasteiger partial charge is 0.481 e. The smallest absolute Gasteiger partial charge is 0.326 e. The predicted molar refractivity (Wildman–Crippen MR) is 126 cm³/mol. The molecule has 0 bridgehead atoms. The van der Waals surface area contributed by atoms with E-state index in [2.05, 4.69) is 26.1 Å². The summed E-state index contributed by atoms with van der Waals surface area (Å²) in [5.41, 5.74) is 0. The molecule has 0 radical (unpaired) electrons. The first kappa shape index (κ1) is 32.1. The van der Waals surface area contributed by atoms with Crippen molar-refractivity contribution in [2.75, 3.05) is 19.6 Å². The van der Waals surface area contributed by atoms with E-state index in [4.69, 9.17) is 16.8 Å². The topological polar surface area (TPSA) is 216 Å². The molecule has 202 valence electrons. The summed E-state index contributed by atoms with van der Waals surface area (Å²) in [5, 5.41) is 36.6. The highest BCUT2D eigenvalue weighted by Crippen LogP contribution is 2.04. The molecule has 0 fully saturated rings. The highest BCUT2D eigenvalue weighted by atomic mass is 16.4. The number of carbonyl (C=O) groups is 6. The highest BCUT2D eigenvalue weighted by Gasteiger charge is 2.24. The maximum Gasteiger partial charge on any atom is 0.326 e. The Balaban J connectivity index is 4.06. The van der Waals surface area contributed by atoms with Crippen molar-refractivity contribution in [2.45, 2.75) is 76.3 Å². The molecule has 0 spiro atoms. The molecular formula is C22H35N5O9. The van der Waals surface area contributed by atoms with Gasteiger partial charge < -0.3 is 41.4 Å². The minimum atomic E-state index is -1.47. The summed E-state index contributed by atoms with van der Waals surface area (Å²) < 4.78 is 0. The Labute approximate surface area is 209 Å². The summed E-state index contributed by atoms with van der Waals surface area (Å²) in [6.45, 7) is 7.61. The lowest BCUT2D eigenvalue weighted by molar-refractivity contribution is -0.141. The molecule has 1 unspecified atom stereocenters. The summed E-state index contributed by atoms with van der Waals surface area (Å²) in [6.07, 6.45) is 2.67. The van der Waals surface area contributed by atoms with Crippen LogP contribution in [0.4, 0.5) is 4.79 Å². The Morgan fingerprint density at radius 1 is 0.667 bits per heavy atom. The number of carbonyl (C=O) groups excluding carboxylic acids is 3. The van der Waals surface area contributed by atoms with E-state index in [1.807, 2.05) is 0 Å². The summed E-state index contributed by atoms with van der Waals surface area (Å²) in [4.78, 5) is 71.3. The van der Waals surface area contributed by atoms with Crippen LogP contribution in [-0.4, -0.2) is 82.8 Å². The standard InChI is InChI=1S/C22H35N5O9/c1-23-14-11-18(29)25-12-5-2-3-8-17(28)24-13-6-4-7-15(20(32)33)26-22(36)27-16(21(34)35)9-10-19(30)31/h15-16H,2-14H2,(H,24,28)(H,25,29)(H,30,31)(H,32,33)(H,34,35)(H2,26,27,36)/t15?,16-/m0/s1. The predicted octanol–water partition coefficient (Wildman–Crippen LogP) is 0.329. The van der Waals surface area contributed by atoms with Gasteiger partial charge in [-0.15, -0.1) is 0 Å². The molecule has 0 heterocycles. The van der Waals surface area contributed by atoms with Gasteiger partial charge in [0.25, 0.3) is 0 Å². The monoisotopic (exact) mass is 513 g/mol. The number of hydrogen-bond acceptors (Lipinski definition) is 6. The van der Waals surface area contributed by atoms with Crippen LogP contribution in [0.1, 0.15) is 64.2 Å². The molecule has 0 aromatic carbocycles. The third-order valence-electron chi connectivity index (χ3n) is 4.95. The summed E-state index contributed by atoms with van der Waals surface area (Å²) in [5.74, 6) is -4.29. The molecule has 2 atom stereocenters. The molecule has 14 heteroatoms. The molecule has 0 aliphatic heterocycles. The Bertz CT molecular complexity index is 797. The number of nitrogens with zero attached hydrogens (tertiary/aromatic N) is 1. The minimum absolute atomic E-state index is 0.0487. The van der Waals surface area contributed by atoms with Crippen molar-refractivity contribution >= 4 is 35.8 Å². The van der Waals surface area contributed by atoms with Crippen molar-refractivity contribution in [3.05, 3.63) is 11.4 Å². The number of urea groups is 1. The van der Waals surface area contributed by atoms with Gasteiger partial charge in [-0.3, -0.25) is 14.4 Å². The van der Waals surface area contributed by atoms with E-state index in [1.54, 1.807) is 0 Å². The number of unbranched alkanes of at least 4 members (excludes halogenated alkanes) is 3. The van der Waals surface area contributed by atoms with Crippen LogP contribution < -0.4 is 21.3 Å². The maximum atomic E-state index is 12.0. The van der Waals surface area contributed by atoms with Crippen LogP contribution in [0.2, 0.25) is 0 Å². The Morgan fingerprint density at radius 3 is 1.72 bits per heavy atom. The lowest BCUT2D eigenvalue weighted by atomic mass is 10.1. The molecule has 4 amide bonds. The maximum absolute atomic E-state index is 12.0. The molecule has 14 nitrogen and oxygen atoms in total. The second-order valence-corrected chi connectivity index (χ2v) is 7.97. The zero-order chi connectivity index (χ0) is 27.3. The van der Waals surface area contributed by atoms with Crippen molar-refractivity contribution in [1.29, 1.82) is 0 Å². The summed E-state index contributed by atoms with van der Waals surface area (Å²) in [6, 6.07) is -3.78. The quantitative estimate of drug-likeness (QED) is 0.0880. The summed E-state index contributed by atoms with van der Waals surface area (Å²) >= 11 is 0. The first-order valence-electron chi connectivity index (χ1n) is 11.7. The van der Waals surface area contributed by atoms with Crippen LogP contribution in [0, 0.1) is 6.57 Å². The van der Waals surface area contributed by atoms with Gasteiger partial charge in [-0.05, 0) is 38.5 Å². The third kappa shape index (κ3) is 17.6. The van der Waals surface area contributed by atoms with Gasteiger partial charge in [0.15, 0.2) is 0 Å². The normalized spacial score (nSPS) is 11.9. The third-order valence-corrected chi connectivity index (χ3v) is 4.95. The average molecular weight is 514 g/mol. The molecular weight excluding hydrogens is 478 g/mol. The van der Waals surface area contributed by atoms with Crippen LogP contribution in [-0.2, 0) is 24.0 Å². The van der Waals surface area contributed by atoms with Gasteiger partial charge in [0.1, 0.15) is 12.1 Å². The SMILES string of the molecule is [C-]#[N+]CCC(=O)NCCCCCC(=O)NCCCCC(NC(=O)N[C@@H](CCC(=O)O)C(=O)O)C(=O)O. The van der Waals surface area contributed by atoms with Gasteiger partial charge in [-0.1, -0.05) is 6.42 Å². The first-order chi connectivity index (χ1) is 17.1. The van der Waals surface area contributed by atoms with E-state index < -0.39 is 42.4 Å².